The highest BCUT2D eigenvalue weighted by Crippen LogP contribution is 2.27. The number of hydrogen-bond acceptors (Lipinski definition) is 2. The number of aromatic nitrogens is 2. The molecular weight excluding hydrogens is 231 g/mol. The maximum absolute atomic E-state index is 13.1. The van der Waals surface area contributed by atoms with Crippen LogP contribution in [-0.2, 0) is 0 Å². The summed E-state index contributed by atoms with van der Waals surface area (Å²) in [6.07, 6.45) is 0. The van der Waals surface area contributed by atoms with Crippen LogP contribution in [0.1, 0.15) is 0 Å². The number of halogens is 1. The van der Waals surface area contributed by atoms with Gasteiger partial charge in [-0.1, -0.05) is 0 Å². The Morgan fingerprint density at radius 3 is 2.61 bits per heavy atom. The summed E-state index contributed by atoms with van der Waals surface area (Å²) in [6, 6.07) is 12.2. The molecule has 0 aliphatic carbocycles. The largest absolute Gasteiger partial charge is 0.497 e. The number of nitrogens with one attached hydrogen (secondary N) is 1. The summed E-state index contributed by atoms with van der Waals surface area (Å²) in [7, 11) is 1.63. The molecular formula is C14H11FN2O. The second-order valence-corrected chi connectivity index (χ2v) is 3.99. The molecule has 1 heterocycles. The minimum atomic E-state index is -0.271. The van der Waals surface area contributed by atoms with Gasteiger partial charge in [0.15, 0.2) is 0 Å². The summed E-state index contributed by atoms with van der Waals surface area (Å²) in [5, 5.41) is 7.97. The number of rotatable bonds is 2. The van der Waals surface area contributed by atoms with Crippen molar-refractivity contribution in [3.8, 4) is 17.0 Å². The van der Waals surface area contributed by atoms with E-state index >= 15 is 0 Å². The van der Waals surface area contributed by atoms with Crippen molar-refractivity contribution < 1.29 is 9.13 Å². The van der Waals surface area contributed by atoms with Gasteiger partial charge in [-0.25, -0.2) is 4.39 Å². The second kappa shape index (κ2) is 4.14. The van der Waals surface area contributed by atoms with Crippen LogP contribution >= 0.6 is 0 Å². The van der Waals surface area contributed by atoms with E-state index in [0.717, 1.165) is 22.4 Å². The minimum Gasteiger partial charge on any atom is -0.497 e. The number of ether oxygens (including phenoxy) is 1. The Balaban J connectivity index is 2.13. The lowest BCUT2D eigenvalue weighted by atomic mass is 10.1. The van der Waals surface area contributed by atoms with E-state index in [4.69, 9.17) is 4.74 Å². The fourth-order valence-electron chi connectivity index (χ4n) is 1.96. The first-order valence-corrected chi connectivity index (χ1v) is 5.56. The van der Waals surface area contributed by atoms with E-state index in [1.165, 1.54) is 12.1 Å². The number of hydrogen-bond donors (Lipinski definition) is 1. The number of H-pyrrole nitrogens is 1. The average Bonchev–Trinajstić information content (AvgIpc) is 2.81. The van der Waals surface area contributed by atoms with Crippen LogP contribution in [0.4, 0.5) is 4.39 Å². The maximum Gasteiger partial charge on any atom is 0.125 e. The van der Waals surface area contributed by atoms with Gasteiger partial charge in [0.05, 0.1) is 18.3 Å². The van der Waals surface area contributed by atoms with Crippen molar-refractivity contribution in [3.63, 3.8) is 0 Å². The van der Waals surface area contributed by atoms with Gasteiger partial charge in [0, 0.05) is 10.9 Å². The lowest BCUT2D eigenvalue weighted by Crippen LogP contribution is -1.83. The maximum atomic E-state index is 13.1. The molecule has 1 aromatic heterocycles. The zero-order chi connectivity index (χ0) is 12.5. The number of aromatic amines is 1. The molecule has 0 unspecified atom stereocenters. The molecule has 0 atom stereocenters. The van der Waals surface area contributed by atoms with Crippen LogP contribution < -0.4 is 4.74 Å². The Hall–Kier alpha value is -2.36. The minimum absolute atomic E-state index is 0.271. The topological polar surface area (TPSA) is 37.9 Å². The van der Waals surface area contributed by atoms with Crippen molar-refractivity contribution >= 4 is 10.9 Å². The molecule has 0 amide bonds. The molecule has 2 aromatic carbocycles. The van der Waals surface area contributed by atoms with Crippen molar-refractivity contribution in [2.75, 3.05) is 7.11 Å². The van der Waals surface area contributed by atoms with Crippen LogP contribution in [0.25, 0.3) is 22.2 Å². The molecule has 0 saturated carbocycles. The van der Waals surface area contributed by atoms with Crippen LogP contribution in [0.15, 0.2) is 42.5 Å². The smallest absolute Gasteiger partial charge is 0.125 e. The third-order valence-corrected chi connectivity index (χ3v) is 2.89. The highest BCUT2D eigenvalue weighted by Gasteiger charge is 2.08. The van der Waals surface area contributed by atoms with Crippen LogP contribution in [0, 0.1) is 5.82 Å². The summed E-state index contributed by atoms with van der Waals surface area (Å²) in [6.45, 7) is 0. The predicted octanol–water partition coefficient (Wildman–Crippen LogP) is 3.38. The Kier molecular flexibility index (Phi) is 2.48. The van der Waals surface area contributed by atoms with Gasteiger partial charge >= 0.3 is 0 Å². The van der Waals surface area contributed by atoms with Gasteiger partial charge in [0.1, 0.15) is 11.6 Å². The number of nitrogens with zero attached hydrogens (tertiary/aromatic N) is 1. The summed E-state index contributed by atoms with van der Waals surface area (Å²) < 4.78 is 18.2. The van der Waals surface area contributed by atoms with Gasteiger partial charge in [-0.2, -0.15) is 5.10 Å². The van der Waals surface area contributed by atoms with Gasteiger partial charge in [-0.3, -0.25) is 5.10 Å². The summed E-state index contributed by atoms with van der Waals surface area (Å²) in [4.78, 5) is 0. The molecule has 0 saturated heterocycles. The van der Waals surface area contributed by atoms with E-state index in [0.29, 0.717) is 5.52 Å². The molecule has 0 radical (unpaired) electrons. The van der Waals surface area contributed by atoms with E-state index in [2.05, 4.69) is 10.2 Å². The van der Waals surface area contributed by atoms with Crippen LogP contribution in [0.3, 0.4) is 0 Å². The molecule has 4 heteroatoms. The van der Waals surface area contributed by atoms with Crippen LogP contribution in [0.2, 0.25) is 0 Å². The van der Waals surface area contributed by atoms with Crippen LogP contribution in [0.5, 0.6) is 5.75 Å². The van der Waals surface area contributed by atoms with Crippen molar-refractivity contribution in [2.24, 2.45) is 0 Å². The van der Waals surface area contributed by atoms with Crippen molar-refractivity contribution in [1.29, 1.82) is 0 Å². The highest BCUT2D eigenvalue weighted by molar-refractivity contribution is 5.92. The first kappa shape index (κ1) is 10.8. The predicted molar refractivity (Wildman–Crippen MR) is 68.0 cm³/mol. The Labute approximate surface area is 103 Å². The molecule has 0 aliphatic heterocycles. The second-order valence-electron chi connectivity index (χ2n) is 3.99. The average molecular weight is 242 g/mol. The monoisotopic (exact) mass is 242 g/mol. The molecule has 3 rings (SSSR count). The zero-order valence-electron chi connectivity index (χ0n) is 9.77. The van der Waals surface area contributed by atoms with Gasteiger partial charge in [0.2, 0.25) is 0 Å². The Morgan fingerprint density at radius 1 is 1.11 bits per heavy atom. The zero-order valence-corrected chi connectivity index (χ0v) is 9.77. The molecule has 1 N–H and O–H groups in total. The molecule has 3 aromatic rings. The van der Waals surface area contributed by atoms with Crippen molar-refractivity contribution in [1.82, 2.24) is 10.2 Å². The van der Waals surface area contributed by atoms with Gasteiger partial charge < -0.3 is 4.74 Å². The third-order valence-electron chi connectivity index (χ3n) is 2.89. The number of fused-ring (bicyclic) bond motifs is 1. The fraction of sp³-hybridized carbons (Fsp3) is 0.0714. The Morgan fingerprint density at radius 2 is 1.89 bits per heavy atom. The summed E-state index contributed by atoms with van der Waals surface area (Å²) in [5.74, 6) is 0.525. The fourth-order valence-corrected chi connectivity index (χ4v) is 1.96. The van der Waals surface area contributed by atoms with E-state index in [1.54, 1.807) is 13.2 Å². The lowest BCUT2D eigenvalue weighted by molar-refractivity contribution is 0.415. The van der Waals surface area contributed by atoms with E-state index in [1.807, 2.05) is 24.3 Å². The summed E-state index contributed by atoms with van der Waals surface area (Å²) in [5.41, 5.74) is 2.47. The van der Waals surface area contributed by atoms with Gasteiger partial charge in [0.25, 0.3) is 0 Å². The number of benzene rings is 2. The standard InChI is InChI=1S/C14H11FN2O/c1-18-11-5-2-9(3-6-11)14-12-7-4-10(15)8-13(12)16-17-14/h2-8H,1H3,(H,16,17). The quantitative estimate of drug-likeness (QED) is 0.748. The first-order valence-electron chi connectivity index (χ1n) is 5.56. The first-order chi connectivity index (χ1) is 8.78. The molecule has 0 spiro atoms. The lowest BCUT2D eigenvalue weighted by Gasteiger charge is -2.01. The van der Waals surface area contributed by atoms with Crippen molar-refractivity contribution in [2.45, 2.75) is 0 Å². The Bertz CT molecular complexity index is 689. The SMILES string of the molecule is COc1ccc(-c2n[nH]c3cc(F)ccc23)cc1. The van der Waals surface area contributed by atoms with Gasteiger partial charge in [-0.15, -0.1) is 0 Å². The van der Waals surface area contributed by atoms with Crippen LogP contribution in [-0.4, -0.2) is 17.3 Å². The normalized spacial score (nSPS) is 10.8. The molecule has 0 bridgehead atoms. The highest BCUT2D eigenvalue weighted by atomic mass is 19.1. The van der Waals surface area contributed by atoms with Crippen molar-refractivity contribution in [3.05, 3.63) is 48.3 Å². The van der Waals surface area contributed by atoms with E-state index in [9.17, 15) is 4.39 Å². The molecule has 3 nitrogen and oxygen atoms in total. The third kappa shape index (κ3) is 1.72. The van der Waals surface area contributed by atoms with E-state index < -0.39 is 0 Å². The molecule has 90 valence electrons. The molecule has 18 heavy (non-hydrogen) atoms. The number of methoxy groups -OCH3 is 1. The molecule has 0 aliphatic rings. The molecule has 0 fully saturated rings. The van der Waals surface area contributed by atoms with Gasteiger partial charge in [-0.05, 0) is 42.5 Å². The summed E-state index contributed by atoms with van der Waals surface area (Å²) >= 11 is 0. The van der Waals surface area contributed by atoms with E-state index in [-0.39, 0.29) is 5.82 Å².